The zero-order valence-corrected chi connectivity index (χ0v) is 9.97. The molecule has 0 aromatic carbocycles. The Morgan fingerprint density at radius 3 is 2.81 bits per heavy atom. The van der Waals surface area contributed by atoms with Crippen molar-refractivity contribution in [3.63, 3.8) is 0 Å². The van der Waals surface area contributed by atoms with Gasteiger partial charge in [0, 0.05) is 25.4 Å². The van der Waals surface area contributed by atoms with E-state index >= 15 is 0 Å². The number of nitrogens with zero attached hydrogens (tertiary/aromatic N) is 2. The summed E-state index contributed by atoms with van der Waals surface area (Å²) in [7, 11) is 0. The van der Waals surface area contributed by atoms with Crippen molar-refractivity contribution < 1.29 is 9.90 Å². The number of aryl methyl sites for hydroxylation is 1. The Morgan fingerprint density at radius 1 is 1.62 bits per heavy atom. The monoisotopic (exact) mass is 225 g/mol. The molecule has 5 heteroatoms. The van der Waals surface area contributed by atoms with E-state index in [0.29, 0.717) is 13.0 Å². The highest BCUT2D eigenvalue weighted by atomic mass is 16.3. The van der Waals surface area contributed by atoms with Crippen molar-refractivity contribution in [1.29, 1.82) is 0 Å². The summed E-state index contributed by atoms with van der Waals surface area (Å²) >= 11 is 0. The summed E-state index contributed by atoms with van der Waals surface area (Å²) in [5.41, 5.74) is -0.591. The van der Waals surface area contributed by atoms with E-state index in [9.17, 15) is 9.90 Å². The number of aliphatic hydroxyl groups excluding tert-OH is 1. The average Bonchev–Trinajstić information content (AvgIpc) is 2.66. The molecule has 16 heavy (non-hydrogen) atoms. The molecule has 0 aliphatic rings. The zero-order valence-electron chi connectivity index (χ0n) is 9.97. The van der Waals surface area contributed by atoms with E-state index in [1.807, 2.05) is 10.8 Å². The molecule has 1 unspecified atom stereocenters. The van der Waals surface area contributed by atoms with E-state index in [1.165, 1.54) is 0 Å². The highest BCUT2D eigenvalue weighted by Gasteiger charge is 2.25. The molecule has 0 fully saturated rings. The van der Waals surface area contributed by atoms with Gasteiger partial charge in [-0.15, -0.1) is 0 Å². The summed E-state index contributed by atoms with van der Waals surface area (Å²) < 4.78 is 1.84. The standard InChI is InChI=1S/C11H19N3O2/c1-9(15)11(2,3)13-10(16)4-6-14-7-5-12-8-14/h5,7-9,15H,4,6H2,1-3H3,(H,13,16). The minimum atomic E-state index is -0.591. The van der Waals surface area contributed by atoms with Gasteiger partial charge in [-0.2, -0.15) is 0 Å². The molecule has 1 amide bonds. The lowest BCUT2D eigenvalue weighted by molar-refractivity contribution is -0.124. The van der Waals surface area contributed by atoms with Gasteiger partial charge in [-0.1, -0.05) is 0 Å². The fourth-order valence-electron chi connectivity index (χ4n) is 1.18. The number of rotatable bonds is 5. The summed E-state index contributed by atoms with van der Waals surface area (Å²) in [5, 5.41) is 12.2. The third-order valence-electron chi connectivity index (χ3n) is 2.66. The molecule has 0 saturated carbocycles. The molecule has 0 spiro atoms. The van der Waals surface area contributed by atoms with Crippen LogP contribution >= 0.6 is 0 Å². The van der Waals surface area contributed by atoms with Crippen LogP contribution in [0.2, 0.25) is 0 Å². The number of hydrogen-bond acceptors (Lipinski definition) is 3. The van der Waals surface area contributed by atoms with E-state index in [2.05, 4.69) is 10.3 Å². The van der Waals surface area contributed by atoms with E-state index in [1.54, 1.807) is 33.3 Å². The van der Waals surface area contributed by atoms with Gasteiger partial charge in [-0.3, -0.25) is 4.79 Å². The lowest BCUT2D eigenvalue weighted by Gasteiger charge is -2.29. The van der Waals surface area contributed by atoms with Gasteiger partial charge >= 0.3 is 0 Å². The van der Waals surface area contributed by atoms with Gasteiger partial charge < -0.3 is 15.0 Å². The van der Waals surface area contributed by atoms with E-state index in [0.717, 1.165) is 0 Å². The molecular formula is C11H19N3O2. The topological polar surface area (TPSA) is 67.2 Å². The van der Waals surface area contributed by atoms with Crippen molar-refractivity contribution in [2.75, 3.05) is 0 Å². The first-order chi connectivity index (χ1) is 7.42. The van der Waals surface area contributed by atoms with Crippen molar-refractivity contribution >= 4 is 5.91 Å². The molecule has 0 bridgehead atoms. The van der Waals surface area contributed by atoms with Crippen LogP contribution in [0.15, 0.2) is 18.7 Å². The molecule has 1 rings (SSSR count). The number of carbonyl (C=O) groups is 1. The average molecular weight is 225 g/mol. The second-order valence-corrected chi connectivity index (χ2v) is 4.50. The molecule has 2 N–H and O–H groups in total. The van der Waals surface area contributed by atoms with Gasteiger partial charge in [-0.25, -0.2) is 4.98 Å². The Balaban J connectivity index is 2.36. The smallest absolute Gasteiger partial charge is 0.222 e. The Kier molecular flexibility index (Phi) is 4.06. The third-order valence-corrected chi connectivity index (χ3v) is 2.66. The maximum absolute atomic E-state index is 11.6. The molecule has 5 nitrogen and oxygen atoms in total. The predicted molar refractivity (Wildman–Crippen MR) is 60.7 cm³/mol. The lowest BCUT2D eigenvalue weighted by atomic mass is 9.98. The van der Waals surface area contributed by atoms with E-state index < -0.39 is 11.6 Å². The molecule has 1 aromatic heterocycles. The summed E-state index contributed by atoms with van der Waals surface area (Å²) in [6.45, 7) is 5.86. The van der Waals surface area contributed by atoms with Gasteiger partial charge in [0.15, 0.2) is 0 Å². The molecule has 1 heterocycles. The van der Waals surface area contributed by atoms with Crippen LogP contribution in [0, 0.1) is 0 Å². The minimum absolute atomic E-state index is 0.0698. The Labute approximate surface area is 95.5 Å². The fraction of sp³-hybridized carbons (Fsp3) is 0.636. The quantitative estimate of drug-likeness (QED) is 0.769. The van der Waals surface area contributed by atoms with Crippen LogP contribution in [0.4, 0.5) is 0 Å². The number of amides is 1. The third kappa shape index (κ3) is 3.66. The molecule has 0 aliphatic carbocycles. The highest BCUT2D eigenvalue weighted by molar-refractivity contribution is 5.76. The molecule has 0 saturated heterocycles. The van der Waals surface area contributed by atoms with Gasteiger partial charge in [0.1, 0.15) is 0 Å². The van der Waals surface area contributed by atoms with Crippen molar-refractivity contribution in [3.8, 4) is 0 Å². The van der Waals surface area contributed by atoms with E-state index in [4.69, 9.17) is 0 Å². The molecule has 1 atom stereocenters. The van der Waals surface area contributed by atoms with Crippen LogP contribution in [-0.4, -0.2) is 32.2 Å². The lowest BCUT2D eigenvalue weighted by Crippen LogP contribution is -2.51. The number of aliphatic hydroxyl groups is 1. The maximum atomic E-state index is 11.6. The molecular weight excluding hydrogens is 206 g/mol. The minimum Gasteiger partial charge on any atom is -0.391 e. The van der Waals surface area contributed by atoms with E-state index in [-0.39, 0.29) is 5.91 Å². The normalized spacial score (nSPS) is 13.5. The van der Waals surface area contributed by atoms with Crippen molar-refractivity contribution in [1.82, 2.24) is 14.9 Å². The SMILES string of the molecule is CC(O)C(C)(C)NC(=O)CCn1ccnc1. The van der Waals surface area contributed by atoms with Crippen molar-refractivity contribution in [3.05, 3.63) is 18.7 Å². The first-order valence-electron chi connectivity index (χ1n) is 5.36. The van der Waals surface area contributed by atoms with Crippen LogP contribution < -0.4 is 5.32 Å². The fourth-order valence-corrected chi connectivity index (χ4v) is 1.18. The Hall–Kier alpha value is -1.36. The van der Waals surface area contributed by atoms with Crippen LogP contribution in [0.5, 0.6) is 0 Å². The van der Waals surface area contributed by atoms with Gasteiger partial charge in [-0.05, 0) is 20.8 Å². The molecule has 0 aliphatic heterocycles. The van der Waals surface area contributed by atoms with Crippen molar-refractivity contribution in [2.24, 2.45) is 0 Å². The Bertz CT molecular complexity index is 331. The number of nitrogens with one attached hydrogen (secondary N) is 1. The first kappa shape index (κ1) is 12.7. The second kappa shape index (κ2) is 5.12. The largest absolute Gasteiger partial charge is 0.391 e. The second-order valence-electron chi connectivity index (χ2n) is 4.50. The predicted octanol–water partition coefficient (Wildman–Crippen LogP) is 0.549. The summed E-state index contributed by atoms with van der Waals surface area (Å²) in [4.78, 5) is 15.5. The molecule has 1 aromatic rings. The summed E-state index contributed by atoms with van der Waals surface area (Å²) in [6, 6.07) is 0. The van der Waals surface area contributed by atoms with Crippen LogP contribution in [0.1, 0.15) is 27.2 Å². The van der Waals surface area contributed by atoms with Crippen LogP contribution in [0.25, 0.3) is 0 Å². The first-order valence-corrected chi connectivity index (χ1v) is 5.36. The number of hydrogen-bond donors (Lipinski definition) is 2. The van der Waals surface area contributed by atoms with Gasteiger partial charge in [0.2, 0.25) is 5.91 Å². The molecule has 90 valence electrons. The summed E-state index contributed by atoms with van der Waals surface area (Å²) in [5.74, 6) is -0.0698. The summed E-state index contributed by atoms with van der Waals surface area (Å²) in [6.07, 6.45) is 4.97. The van der Waals surface area contributed by atoms with Gasteiger partial charge in [0.25, 0.3) is 0 Å². The van der Waals surface area contributed by atoms with Crippen LogP contribution in [-0.2, 0) is 11.3 Å². The number of aromatic nitrogens is 2. The molecule has 0 radical (unpaired) electrons. The Morgan fingerprint density at radius 2 is 2.31 bits per heavy atom. The highest BCUT2D eigenvalue weighted by Crippen LogP contribution is 2.08. The number of carbonyl (C=O) groups excluding carboxylic acids is 1. The van der Waals surface area contributed by atoms with Crippen molar-refractivity contribution in [2.45, 2.75) is 45.4 Å². The maximum Gasteiger partial charge on any atom is 0.222 e. The van der Waals surface area contributed by atoms with Gasteiger partial charge in [0.05, 0.1) is 18.0 Å². The number of imidazole rings is 1. The zero-order chi connectivity index (χ0) is 12.2. The van der Waals surface area contributed by atoms with Crippen LogP contribution in [0.3, 0.4) is 0 Å².